The van der Waals surface area contributed by atoms with E-state index in [1.807, 2.05) is 25.3 Å². The minimum atomic E-state index is -0.109. The van der Waals surface area contributed by atoms with Crippen molar-refractivity contribution < 1.29 is 9.53 Å². The standard InChI is InChI=1S/C15H18N4O2/c1-2-21-13-10-18-7-3-4-12(18)9-19(11-13)15(20)14-8-16-5-6-17-14/h3-8,13H,2,9-11H2,1H3. The molecule has 0 bridgehead atoms. The lowest BCUT2D eigenvalue weighted by Crippen LogP contribution is -2.37. The van der Waals surface area contributed by atoms with Gasteiger partial charge < -0.3 is 14.2 Å². The quantitative estimate of drug-likeness (QED) is 0.854. The molecular formula is C15H18N4O2. The first-order chi connectivity index (χ1) is 10.3. The molecule has 21 heavy (non-hydrogen) atoms. The topological polar surface area (TPSA) is 60.2 Å². The van der Waals surface area contributed by atoms with E-state index in [0.29, 0.717) is 25.4 Å². The van der Waals surface area contributed by atoms with Crippen molar-refractivity contribution in [2.24, 2.45) is 0 Å². The summed E-state index contributed by atoms with van der Waals surface area (Å²) in [6.45, 7) is 4.49. The molecule has 1 amide bonds. The van der Waals surface area contributed by atoms with Gasteiger partial charge in [0.1, 0.15) is 5.69 Å². The number of hydrogen-bond donors (Lipinski definition) is 0. The Bertz CT molecular complexity index is 611. The van der Waals surface area contributed by atoms with E-state index in [4.69, 9.17) is 4.74 Å². The van der Waals surface area contributed by atoms with Crippen LogP contribution < -0.4 is 0 Å². The van der Waals surface area contributed by atoms with Crippen LogP contribution in [0.15, 0.2) is 36.9 Å². The Kier molecular flexibility index (Phi) is 3.96. The summed E-state index contributed by atoms with van der Waals surface area (Å²) in [5.41, 5.74) is 1.47. The molecule has 0 aromatic carbocycles. The van der Waals surface area contributed by atoms with E-state index < -0.39 is 0 Å². The van der Waals surface area contributed by atoms with Crippen LogP contribution in [0.25, 0.3) is 0 Å². The van der Waals surface area contributed by atoms with Gasteiger partial charge in [-0.05, 0) is 19.1 Å². The van der Waals surface area contributed by atoms with Crippen LogP contribution in [0.2, 0.25) is 0 Å². The summed E-state index contributed by atoms with van der Waals surface area (Å²) in [6.07, 6.45) is 6.62. The summed E-state index contributed by atoms with van der Waals surface area (Å²) in [7, 11) is 0. The number of aromatic nitrogens is 3. The minimum absolute atomic E-state index is 0.00993. The zero-order chi connectivity index (χ0) is 14.7. The maximum absolute atomic E-state index is 12.6. The molecule has 2 aromatic heterocycles. The van der Waals surface area contributed by atoms with Gasteiger partial charge in [0.05, 0.1) is 25.4 Å². The van der Waals surface area contributed by atoms with Crippen LogP contribution in [0, 0.1) is 0 Å². The number of nitrogens with zero attached hydrogens (tertiary/aromatic N) is 4. The van der Waals surface area contributed by atoms with Gasteiger partial charge in [0.25, 0.3) is 5.91 Å². The first-order valence-corrected chi connectivity index (χ1v) is 7.09. The molecule has 1 aliphatic rings. The molecule has 0 fully saturated rings. The van der Waals surface area contributed by atoms with Crippen molar-refractivity contribution >= 4 is 5.91 Å². The van der Waals surface area contributed by atoms with Gasteiger partial charge in [-0.1, -0.05) is 0 Å². The lowest BCUT2D eigenvalue weighted by molar-refractivity contribution is 0.0256. The van der Waals surface area contributed by atoms with Crippen LogP contribution in [0.1, 0.15) is 23.1 Å². The van der Waals surface area contributed by atoms with Crippen molar-refractivity contribution in [3.05, 3.63) is 48.3 Å². The van der Waals surface area contributed by atoms with Crippen molar-refractivity contribution in [2.75, 3.05) is 13.2 Å². The molecule has 3 rings (SSSR count). The van der Waals surface area contributed by atoms with E-state index in [1.54, 1.807) is 11.1 Å². The molecule has 1 aliphatic heterocycles. The molecular weight excluding hydrogens is 268 g/mol. The molecule has 0 spiro atoms. The van der Waals surface area contributed by atoms with Crippen LogP contribution in [0.4, 0.5) is 0 Å². The molecule has 0 saturated carbocycles. The SMILES string of the molecule is CCOC1CN(C(=O)c2cnccn2)Cc2cccn2C1. The fraction of sp³-hybridized carbons (Fsp3) is 0.400. The number of rotatable bonds is 3. The van der Waals surface area contributed by atoms with E-state index in [2.05, 4.69) is 14.5 Å². The van der Waals surface area contributed by atoms with Crippen LogP contribution in [-0.4, -0.2) is 44.6 Å². The monoisotopic (exact) mass is 286 g/mol. The molecule has 1 unspecified atom stereocenters. The van der Waals surface area contributed by atoms with Crippen LogP contribution in [0.3, 0.4) is 0 Å². The van der Waals surface area contributed by atoms with Crippen molar-refractivity contribution in [2.45, 2.75) is 26.1 Å². The van der Waals surface area contributed by atoms with E-state index in [1.165, 1.54) is 12.4 Å². The average molecular weight is 286 g/mol. The summed E-state index contributed by atoms with van der Waals surface area (Å²) < 4.78 is 7.90. The first-order valence-electron chi connectivity index (χ1n) is 7.09. The Morgan fingerprint density at radius 3 is 3.10 bits per heavy atom. The van der Waals surface area contributed by atoms with Crippen LogP contribution in [0.5, 0.6) is 0 Å². The zero-order valence-electron chi connectivity index (χ0n) is 12.0. The van der Waals surface area contributed by atoms with Crippen molar-refractivity contribution in [1.29, 1.82) is 0 Å². The van der Waals surface area contributed by atoms with Gasteiger partial charge in [-0.25, -0.2) is 4.98 Å². The van der Waals surface area contributed by atoms with Crippen molar-refractivity contribution in [3.8, 4) is 0 Å². The Morgan fingerprint density at radius 1 is 1.43 bits per heavy atom. The first kappa shape index (κ1) is 13.8. The lowest BCUT2D eigenvalue weighted by Gasteiger charge is -2.23. The van der Waals surface area contributed by atoms with Crippen molar-refractivity contribution in [1.82, 2.24) is 19.4 Å². The Morgan fingerprint density at radius 2 is 2.33 bits per heavy atom. The summed E-state index contributed by atoms with van der Waals surface area (Å²) in [4.78, 5) is 22.4. The number of fused-ring (bicyclic) bond motifs is 1. The highest BCUT2D eigenvalue weighted by Gasteiger charge is 2.26. The number of hydrogen-bond acceptors (Lipinski definition) is 4. The molecule has 6 nitrogen and oxygen atoms in total. The number of carbonyl (C=O) groups is 1. The second-order valence-corrected chi connectivity index (χ2v) is 5.01. The van der Waals surface area contributed by atoms with Gasteiger partial charge in [0, 0.05) is 37.4 Å². The fourth-order valence-corrected chi connectivity index (χ4v) is 2.62. The van der Waals surface area contributed by atoms with E-state index in [-0.39, 0.29) is 12.0 Å². The van der Waals surface area contributed by atoms with Gasteiger partial charge in [-0.3, -0.25) is 9.78 Å². The number of carbonyl (C=O) groups excluding carboxylic acids is 1. The maximum atomic E-state index is 12.6. The highest BCUT2D eigenvalue weighted by molar-refractivity contribution is 5.91. The molecule has 6 heteroatoms. The zero-order valence-corrected chi connectivity index (χ0v) is 12.0. The molecule has 0 radical (unpaired) electrons. The third-order valence-corrected chi connectivity index (χ3v) is 3.57. The number of amides is 1. The second kappa shape index (κ2) is 6.05. The third-order valence-electron chi connectivity index (χ3n) is 3.57. The van der Waals surface area contributed by atoms with Crippen LogP contribution in [-0.2, 0) is 17.8 Å². The van der Waals surface area contributed by atoms with Gasteiger partial charge >= 0.3 is 0 Å². The summed E-state index contributed by atoms with van der Waals surface area (Å²) in [5.74, 6) is -0.109. The largest absolute Gasteiger partial charge is 0.375 e. The molecule has 0 N–H and O–H groups in total. The lowest BCUT2D eigenvalue weighted by atomic mass is 10.3. The molecule has 2 aromatic rings. The molecule has 0 saturated heterocycles. The van der Waals surface area contributed by atoms with Gasteiger partial charge in [0.2, 0.25) is 0 Å². The maximum Gasteiger partial charge on any atom is 0.274 e. The third kappa shape index (κ3) is 2.95. The van der Waals surface area contributed by atoms with Gasteiger partial charge in [-0.15, -0.1) is 0 Å². The van der Waals surface area contributed by atoms with E-state index in [0.717, 1.165) is 12.2 Å². The normalized spacial score (nSPS) is 18.1. The Hall–Kier alpha value is -2.21. The summed E-state index contributed by atoms with van der Waals surface area (Å²) in [6, 6.07) is 4.03. The van der Waals surface area contributed by atoms with Gasteiger partial charge in [0.15, 0.2) is 0 Å². The fourth-order valence-electron chi connectivity index (χ4n) is 2.62. The molecule has 1 atom stereocenters. The molecule has 110 valence electrons. The summed E-state index contributed by atoms with van der Waals surface area (Å²) >= 11 is 0. The highest BCUT2D eigenvalue weighted by atomic mass is 16.5. The number of ether oxygens (including phenoxy) is 1. The smallest absolute Gasteiger partial charge is 0.274 e. The molecule has 0 aliphatic carbocycles. The van der Waals surface area contributed by atoms with Gasteiger partial charge in [-0.2, -0.15) is 0 Å². The predicted molar refractivity (Wildman–Crippen MR) is 76.6 cm³/mol. The predicted octanol–water partition coefficient (Wildman–Crippen LogP) is 1.34. The highest BCUT2D eigenvalue weighted by Crippen LogP contribution is 2.17. The Labute approximate surface area is 123 Å². The molecule has 3 heterocycles. The Balaban J connectivity index is 1.86. The van der Waals surface area contributed by atoms with Crippen LogP contribution >= 0.6 is 0 Å². The second-order valence-electron chi connectivity index (χ2n) is 5.01. The van der Waals surface area contributed by atoms with E-state index >= 15 is 0 Å². The summed E-state index contributed by atoms with van der Waals surface area (Å²) in [5, 5.41) is 0. The minimum Gasteiger partial charge on any atom is -0.375 e. The van der Waals surface area contributed by atoms with Crippen molar-refractivity contribution in [3.63, 3.8) is 0 Å². The van der Waals surface area contributed by atoms with E-state index in [9.17, 15) is 4.79 Å². The average Bonchev–Trinajstić information content (AvgIpc) is 2.86.